The Balaban J connectivity index is 1.82. The largest absolute Gasteiger partial charge is 0.330 e. The van der Waals surface area contributed by atoms with Crippen molar-refractivity contribution in [2.45, 2.75) is 24.9 Å². The Morgan fingerprint density at radius 1 is 1.31 bits per heavy atom. The summed E-state index contributed by atoms with van der Waals surface area (Å²) in [4.78, 5) is 7.13. The summed E-state index contributed by atoms with van der Waals surface area (Å²) in [6, 6.07) is 1.46. The smallest absolute Gasteiger partial charge is 0.128 e. The van der Waals surface area contributed by atoms with Crippen molar-refractivity contribution in [3.8, 4) is 0 Å². The van der Waals surface area contributed by atoms with Crippen molar-refractivity contribution in [3.05, 3.63) is 24.4 Å². The molecule has 4 atom stereocenters. The van der Waals surface area contributed by atoms with E-state index in [9.17, 15) is 0 Å². The summed E-state index contributed by atoms with van der Waals surface area (Å²) in [5, 5.41) is 0. The fourth-order valence-corrected chi connectivity index (χ4v) is 3.28. The molecule has 4 rings (SSSR count). The number of amidine groups is 1. The minimum absolute atomic E-state index is 0.672. The van der Waals surface area contributed by atoms with Gasteiger partial charge in [-0.2, -0.15) is 0 Å². The van der Waals surface area contributed by atoms with E-state index in [1.54, 1.807) is 0 Å². The summed E-state index contributed by atoms with van der Waals surface area (Å²) in [6.45, 7) is 0. The van der Waals surface area contributed by atoms with E-state index in [4.69, 9.17) is 4.99 Å². The normalized spacial score (nSPS) is 48.6. The summed E-state index contributed by atoms with van der Waals surface area (Å²) < 4.78 is 0. The van der Waals surface area contributed by atoms with Gasteiger partial charge in [-0.05, 0) is 30.9 Å². The molecule has 2 nitrogen and oxygen atoms in total. The molecule has 2 aliphatic heterocycles. The van der Waals surface area contributed by atoms with Gasteiger partial charge in [0.05, 0.1) is 6.04 Å². The van der Waals surface area contributed by atoms with Crippen LogP contribution in [-0.4, -0.2) is 22.8 Å². The molecule has 0 aromatic rings. The Labute approximate surface area is 77.6 Å². The van der Waals surface area contributed by atoms with Gasteiger partial charge in [0, 0.05) is 18.2 Å². The van der Waals surface area contributed by atoms with Gasteiger partial charge in [0.1, 0.15) is 5.84 Å². The molecule has 2 heterocycles. The molecule has 0 spiro atoms. The predicted molar refractivity (Wildman–Crippen MR) is 51.3 cm³/mol. The van der Waals surface area contributed by atoms with E-state index in [0.29, 0.717) is 6.04 Å². The zero-order valence-electron chi connectivity index (χ0n) is 7.43. The average molecular weight is 172 g/mol. The van der Waals surface area contributed by atoms with Gasteiger partial charge < -0.3 is 4.90 Å². The van der Waals surface area contributed by atoms with Crippen LogP contribution >= 0.6 is 0 Å². The maximum Gasteiger partial charge on any atom is 0.128 e. The fraction of sp³-hybridized carbons (Fsp3) is 0.545. The molecular weight excluding hydrogens is 160 g/mol. The van der Waals surface area contributed by atoms with Crippen LogP contribution in [0.3, 0.4) is 0 Å². The summed E-state index contributed by atoms with van der Waals surface area (Å²) in [7, 11) is 0. The maximum absolute atomic E-state index is 4.76. The van der Waals surface area contributed by atoms with Crippen LogP contribution in [0, 0.1) is 11.8 Å². The third kappa shape index (κ3) is 0.609. The van der Waals surface area contributed by atoms with Crippen molar-refractivity contribution in [2.24, 2.45) is 16.8 Å². The standard InChI is InChI=1S/C11H12N2/c1-2-4-13-9-6-7-5-8(11(7)9)12-10(13)3-1/h1-4,7-9,11H,5-6H2/t7?,8-,9-,11-/m1/s1. The van der Waals surface area contributed by atoms with Crippen LogP contribution < -0.4 is 0 Å². The van der Waals surface area contributed by atoms with Crippen LogP contribution in [0.25, 0.3) is 0 Å². The number of fused-ring (bicyclic) bond motifs is 2. The van der Waals surface area contributed by atoms with Gasteiger partial charge in [-0.25, -0.2) is 0 Å². The van der Waals surface area contributed by atoms with Crippen molar-refractivity contribution in [1.82, 2.24) is 4.90 Å². The number of allylic oxidation sites excluding steroid dienone is 2. The lowest BCUT2D eigenvalue weighted by atomic mass is 9.52. The Morgan fingerprint density at radius 2 is 2.31 bits per heavy atom. The monoisotopic (exact) mass is 172 g/mol. The zero-order valence-corrected chi connectivity index (χ0v) is 7.43. The van der Waals surface area contributed by atoms with Crippen molar-refractivity contribution >= 4 is 5.84 Å². The second-order valence-electron chi connectivity index (χ2n) is 4.54. The molecule has 0 bridgehead atoms. The van der Waals surface area contributed by atoms with Gasteiger partial charge in [-0.15, -0.1) is 0 Å². The van der Waals surface area contributed by atoms with Crippen LogP contribution in [0.4, 0.5) is 0 Å². The molecule has 4 aliphatic rings. The molecule has 0 amide bonds. The van der Waals surface area contributed by atoms with Gasteiger partial charge in [0.25, 0.3) is 0 Å². The lowest BCUT2D eigenvalue weighted by Crippen LogP contribution is -2.66. The van der Waals surface area contributed by atoms with Gasteiger partial charge in [0.2, 0.25) is 0 Å². The van der Waals surface area contributed by atoms with Crippen molar-refractivity contribution in [1.29, 1.82) is 0 Å². The highest BCUT2D eigenvalue weighted by Crippen LogP contribution is 2.56. The van der Waals surface area contributed by atoms with E-state index < -0.39 is 0 Å². The molecule has 2 heteroatoms. The predicted octanol–water partition coefficient (Wildman–Crippen LogP) is 1.56. The summed E-state index contributed by atoms with van der Waals surface area (Å²) in [5.74, 6) is 3.12. The molecule has 0 aromatic heterocycles. The van der Waals surface area contributed by atoms with E-state index in [-0.39, 0.29) is 0 Å². The van der Waals surface area contributed by atoms with Crippen molar-refractivity contribution in [3.63, 3.8) is 0 Å². The molecule has 13 heavy (non-hydrogen) atoms. The molecule has 2 fully saturated rings. The average Bonchev–Trinajstić information content (AvgIpc) is 2.09. The molecule has 0 saturated heterocycles. The maximum atomic E-state index is 4.76. The third-order valence-corrected chi connectivity index (χ3v) is 4.04. The van der Waals surface area contributed by atoms with Crippen molar-refractivity contribution in [2.75, 3.05) is 0 Å². The molecule has 0 N–H and O–H groups in total. The van der Waals surface area contributed by atoms with E-state index in [2.05, 4.69) is 29.3 Å². The second-order valence-corrected chi connectivity index (χ2v) is 4.54. The van der Waals surface area contributed by atoms with Crippen molar-refractivity contribution < 1.29 is 0 Å². The molecule has 2 saturated carbocycles. The number of hydrogen-bond donors (Lipinski definition) is 0. The highest BCUT2D eigenvalue weighted by molar-refractivity contribution is 5.96. The summed E-state index contributed by atoms with van der Waals surface area (Å²) >= 11 is 0. The number of rotatable bonds is 0. The first-order chi connectivity index (χ1) is 6.43. The highest BCUT2D eigenvalue weighted by atomic mass is 15.3. The zero-order chi connectivity index (χ0) is 8.41. The number of hydrogen-bond acceptors (Lipinski definition) is 2. The minimum atomic E-state index is 0.672. The van der Waals surface area contributed by atoms with Crippen LogP contribution in [0.1, 0.15) is 12.8 Å². The van der Waals surface area contributed by atoms with E-state index >= 15 is 0 Å². The van der Waals surface area contributed by atoms with E-state index in [1.807, 2.05) is 0 Å². The molecule has 1 unspecified atom stereocenters. The molecule has 0 radical (unpaired) electrons. The fourth-order valence-electron chi connectivity index (χ4n) is 3.28. The third-order valence-electron chi connectivity index (χ3n) is 4.04. The number of nitrogens with zero attached hydrogens (tertiary/aromatic N) is 2. The van der Waals surface area contributed by atoms with Crippen LogP contribution in [0.15, 0.2) is 29.4 Å². The lowest BCUT2D eigenvalue weighted by Gasteiger charge is -2.62. The first kappa shape index (κ1) is 6.41. The number of aliphatic imine (C=N–C) groups is 1. The Kier molecular flexibility index (Phi) is 0.932. The molecule has 0 aromatic carbocycles. The topological polar surface area (TPSA) is 15.6 Å². The SMILES string of the molecule is C1=CC2=N[C@@H]3CC4C[C@H]([C@H]43)N2C=C1. The quantitative estimate of drug-likeness (QED) is 0.541. The van der Waals surface area contributed by atoms with Crippen LogP contribution in [0.2, 0.25) is 0 Å². The molecular formula is C11H12N2. The Bertz CT molecular complexity index is 353. The Morgan fingerprint density at radius 3 is 3.23 bits per heavy atom. The summed E-state index contributed by atoms with van der Waals surface area (Å²) in [6.07, 6.45) is 11.3. The highest BCUT2D eigenvalue weighted by Gasteiger charge is 2.58. The van der Waals surface area contributed by atoms with Gasteiger partial charge in [-0.1, -0.05) is 6.08 Å². The van der Waals surface area contributed by atoms with Gasteiger partial charge in [-0.3, -0.25) is 4.99 Å². The van der Waals surface area contributed by atoms with E-state index in [1.165, 1.54) is 18.7 Å². The molecule has 2 aliphatic carbocycles. The minimum Gasteiger partial charge on any atom is -0.330 e. The van der Waals surface area contributed by atoms with E-state index in [0.717, 1.165) is 17.9 Å². The van der Waals surface area contributed by atoms with Crippen LogP contribution in [0.5, 0.6) is 0 Å². The first-order valence-electron chi connectivity index (χ1n) is 5.14. The van der Waals surface area contributed by atoms with Gasteiger partial charge in [0.15, 0.2) is 0 Å². The van der Waals surface area contributed by atoms with Gasteiger partial charge >= 0.3 is 0 Å². The molecule has 66 valence electrons. The lowest BCUT2D eigenvalue weighted by molar-refractivity contribution is -0.0544. The first-order valence-corrected chi connectivity index (χ1v) is 5.14. The summed E-state index contributed by atoms with van der Waals surface area (Å²) in [5.41, 5.74) is 0. The Hall–Kier alpha value is -1.05. The van der Waals surface area contributed by atoms with Crippen LogP contribution in [-0.2, 0) is 0 Å². The second kappa shape index (κ2) is 1.89.